The van der Waals surface area contributed by atoms with Gasteiger partial charge in [0.05, 0.1) is 11.5 Å². The zero-order chi connectivity index (χ0) is 15.1. The van der Waals surface area contributed by atoms with Gasteiger partial charge >= 0.3 is 0 Å². The molecule has 0 fully saturated rings. The molecule has 0 aliphatic carbocycles. The van der Waals surface area contributed by atoms with Gasteiger partial charge in [0.15, 0.2) is 5.78 Å². The molecule has 0 bridgehead atoms. The van der Waals surface area contributed by atoms with Crippen molar-refractivity contribution in [2.45, 2.75) is 33.1 Å². The molecule has 0 aliphatic rings. The Morgan fingerprint density at radius 1 is 1.30 bits per heavy atom. The zero-order valence-corrected chi connectivity index (χ0v) is 11.7. The number of nitrogens with zero attached hydrogens (tertiary/aromatic N) is 2. The van der Waals surface area contributed by atoms with Gasteiger partial charge in [-0.3, -0.25) is 24.6 Å². The molecule has 0 radical (unpaired) electrons. The van der Waals surface area contributed by atoms with Gasteiger partial charge < -0.3 is 0 Å². The molecule has 0 unspecified atom stereocenters. The van der Waals surface area contributed by atoms with Gasteiger partial charge in [0.25, 0.3) is 5.69 Å². The van der Waals surface area contributed by atoms with Crippen LogP contribution >= 0.6 is 0 Å². The first-order valence-corrected chi connectivity index (χ1v) is 6.50. The van der Waals surface area contributed by atoms with Crippen molar-refractivity contribution >= 4 is 23.1 Å². The lowest BCUT2D eigenvalue weighted by molar-refractivity contribution is -0.384. The number of nitro benzene ring substituents is 1. The summed E-state index contributed by atoms with van der Waals surface area (Å²) in [4.78, 5) is 35.1. The minimum absolute atomic E-state index is 0.0970. The standard InChI is InChI=1S/C14H18N2O4/c1-3-4-7-12(18)10-15(11(2)17)13-8-5-6-9-14(13)16(19)20/h5-6,8-9H,3-4,7,10H2,1-2H3. The Labute approximate surface area is 117 Å². The highest BCUT2D eigenvalue weighted by Gasteiger charge is 2.23. The maximum absolute atomic E-state index is 11.8. The molecule has 0 saturated heterocycles. The SMILES string of the molecule is CCCCC(=O)CN(C(C)=O)c1ccccc1[N+](=O)[O-]. The van der Waals surface area contributed by atoms with E-state index in [4.69, 9.17) is 0 Å². The molecular formula is C14H18N2O4. The third-order valence-electron chi connectivity index (χ3n) is 2.89. The Morgan fingerprint density at radius 3 is 2.50 bits per heavy atom. The first-order valence-electron chi connectivity index (χ1n) is 6.50. The summed E-state index contributed by atoms with van der Waals surface area (Å²) in [7, 11) is 0. The minimum atomic E-state index is -0.554. The normalized spacial score (nSPS) is 10.1. The highest BCUT2D eigenvalue weighted by molar-refractivity contribution is 5.99. The van der Waals surface area contributed by atoms with E-state index in [0.717, 1.165) is 17.7 Å². The van der Waals surface area contributed by atoms with Crippen LogP contribution in [0, 0.1) is 10.1 Å². The molecule has 1 rings (SSSR count). The summed E-state index contributed by atoms with van der Waals surface area (Å²) in [5, 5.41) is 11.0. The van der Waals surface area contributed by atoms with Crippen molar-refractivity contribution in [3.8, 4) is 0 Å². The molecule has 1 amide bonds. The number of amides is 1. The molecule has 0 aliphatic heterocycles. The van der Waals surface area contributed by atoms with Gasteiger partial charge in [0.1, 0.15) is 5.69 Å². The number of carbonyl (C=O) groups excluding carboxylic acids is 2. The van der Waals surface area contributed by atoms with Crippen LogP contribution in [0.3, 0.4) is 0 Å². The van der Waals surface area contributed by atoms with Gasteiger partial charge in [-0.2, -0.15) is 0 Å². The van der Waals surface area contributed by atoms with Gasteiger partial charge in [-0.05, 0) is 12.5 Å². The molecule has 108 valence electrons. The Morgan fingerprint density at radius 2 is 1.95 bits per heavy atom. The molecule has 20 heavy (non-hydrogen) atoms. The quantitative estimate of drug-likeness (QED) is 0.567. The average Bonchev–Trinajstić information content (AvgIpc) is 2.42. The fourth-order valence-electron chi connectivity index (χ4n) is 1.84. The fourth-order valence-corrected chi connectivity index (χ4v) is 1.84. The fraction of sp³-hybridized carbons (Fsp3) is 0.429. The largest absolute Gasteiger partial charge is 0.299 e. The number of para-hydroxylation sites is 2. The summed E-state index contributed by atoms with van der Waals surface area (Å²) in [6, 6.07) is 5.93. The van der Waals surface area contributed by atoms with Crippen molar-refractivity contribution in [2.75, 3.05) is 11.4 Å². The molecule has 6 heteroatoms. The lowest BCUT2D eigenvalue weighted by Crippen LogP contribution is -2.34. The Balaban J connectivity index is 3.00. The highest BCUT2D eigenvalue weighted by atomic mass is 16.6. The van der Waals surface area contributed by atoms with Crippen LogP contribution in [0.4, 0.5) is 11.4 Å². The number of anilines is 1. The van der Waals surface area contributed by atoms with Crippen molar-refractivity contribution in [2.24, 2.45) is 0 Å². The zero-order valence-electron chi connectivity index (χ0n) is 11.7. The number of carbonyl (C=O) groups is 2. The van der Waals surface area contributed by atoms with E-state index in [0.29, 0.717) is 6.42 Å². The predicted octanol–water partition coefficient (Wildman–Crippen LogP) is 2.71. The summed E-state index contributed by atoms with van der Waals surface area (Å²) < 4.78 is 0. The number of rotatable bonds is 7. The Hall–Kier alpha value is -2.24. The summed E-state index contributed by atoms with van der Waals surface area (Å²) in [5.74, 6) is -0.482. The number of benzene rings is 1. The third kappa shape index (κ3) is 4.15. The first-order chi connectivity index (χ1) is 9.47. The van der Waals surface area contributed by atoms with E-state index < -0.39 is 4.92 Å². The van der Waals surface area contributed by atoms with Crippen molar-refractivity contribution in [1.29, 1.82) is 0 Å². The lowest BCUT2D eigenvalue weighted by Gasteiger charge is -2.20. The summed E-state index contributed by atoms with van der Waals surface area (Å²) in [5.41, 5.74) is -0.0131. The van der Waals surface area contributed by atoms with E-state index in [2.05, 4.69) is 0 Å². The highest BCUT2D eigenvalue weighted by Crippen LogP contribution is 2.27. The molecule has 0 aromatic heterocycles. The van der Waals surface area contributed by atoms with Crippen molar-refractivity contribution in [3.63, 3.8) is 0 Å². The van der Waals surface area contributed by atoms with Gasteiger partial charge in [-0.1, -0.05) is 25.5 Å². The van der Waals surface area contributed by atoms with E-state index >= 15 is 0 Å². The van der Waals surface area contributed by atoms with Gasteiger partial charge in [-0.15, -0.1) is 0 Å². The molecule has 1 aromatic rings. The van der Waals surface area contributed by atoms with Crippen molar-refractivity contribution < 1.29 is 14.5 Å². The van der Waals surface area contributed by atoms with Crippen molar-refractivity contribution in [1.82, 2.24) is 0 Å². The monoisotopic (exact) mass is 278 g/mol. The second-order valence-electron chi connectivity index (χ2n) is 4.49. The van der Waals surface area contributed by atoms with Crippen LogP contribution in [-0.4, -0.2) is 23.2 Å². The van der Waals surface area contributed by atoms with E-state index in [-0.39, 0.29) is 29.6 Å². The minimum Gasteiger partial charge on any atom is -0.299 e. The number of hydrogen-bond donors (Lipinski definition) is 0. The van der Waals surface area contributed by atoms with Crippen LogP contribution in [0.1, 0.15) is 33.1 Å². The van der Waals surface area contributed by atoms with Gasteiger partial charge in [0.2, 0.25) is 5.91 Å². The summed E-state index contributed by atoms with van der Waals surface area (Å²) in [6.45, 7) is 3.14. The smallest absolute Gasteiger partial charge is 0.292 e. The third-order valence-corrected chi connectivity index (χ3v) is 2.89. The van der Waals surface area contributed by atoms with Crippen LogP contribution in [0.25, 0.3) is 0 Å². The summed E-state index contributed by atoms with van der Waals surface area (Å²) >= 11 is 0. The van der Waals surface area contributed by atoms with Gasteiger partial charge in [-0.25, -0.2) is 0 Å². The Bertz CT molecular complexity index is 514. The molecular weight excluding hydrogens is 260 g/mol. The number of ketones is 1. The maximum Gasteiger partial charge on any atom is 0.292 e. The first kappa shape index (κ1) is 15.8. The number of nitro groups is 1. The van der Waals surface area contributed by atoms with E-state index in [9.17, 15) is 19.7 Å². The molecule has 0 spiro atoms. The molecule has 6 nitrogen and oxygen atoms in total. The van der Waals surface area contributed by atoms with Crippen LogP contribution in [0.15, 0.2) is 24.3 Å². The number of unbranched alkanes of at least 4 members (excludes halogenated alkanes) is 1. The second kappa shape index (κ2) is 7.37. The van der Waals surface area contributed by atoms with E-state index in [1.165, 1.54) is 25.1 Å². The van der Waals surface area contributed by atoms with Crippen LogP contribution in [0.2, 0.25) is 0 Å². The molecule has 0 saturated carbocycles. The van der Waals surface area contributed by atoms with Gasteiger partial charge in [0, 0.05) is 19.4 Å². The number of Topliss-reactive ketones (excluding diaryl/α,β-unsaturated/α-hetero) is 1. The second-order valence-corrected chi connectivity index (χ2v) is 4.49. The summed E-state index contributed by atoms with van der Waals surface area (Å²) in [6.07, 6.45) is 2.01. The van der Waals surface area contributed by atoms with E-state index in [1.54, 1.807) is 6.07 Å². The average molecular weight is 278 g/mol. The molecule has 0 N–H and O–H groups in total. The van der Waals surface area contributed by atoms with E-state index in [1.807, 2.05) is 6.92 Å². The van der Waals surface area contributed by atoms with Crippen molar-refractivity contribution in [3.05, 3.63) is 34.4 Å². The van der Waals surface area contributed by atoms with Crippen LogP contribution in [-0.2, 0) is 9.59 Å². The topological polar surface area (TPSA) is 80.5 Å². The molecule has 1 aromatic carbocycles. The molecule has 0 heterocycles. The molecule has 0 atom stereocenters. The maximum atomic E-state index is 11.8. The Kier molecular flexibility index (Phi) is 5.83. The number of hydrogen-bond acceptors (Lipinski definition) is 4. The van der Waals surface area contributed by atoms with Crippen LogP contribution < -0.4 is 4.90 Å². The van der Waals surface area contributed by atoms with Crippen LogP contribution in [0.5, 0.6) is 0 Å². The lowest BCUT2D eigenvalue weighted by atomic mass is 10.1. The predicted molar refractivity (Wildman–Crippen MR) is 75.7 cm³/mol.